The highest BCUT2D eigenvalue weighted by atomic mass is 16.5. The maximum Gasteiger partial charge on any atom is 0.0835 e. The van der Waals surface area contributed by atoms with Gasteiger partial charge in [0, 0.05) is 6.54 Å². The standard InChI is InChI=1S/C16H25NO/c1-4-16(2,12-17-3)18-15-11-7-9-13-8-5-6-10-14(13)15/h5-6,8,10,15,17H,4,7,9,11-12H2,1-3H3. The van der Waals surface area contributed by atoms with Gasteiger partial charge in [0.05, 0.1) is 11.7 Å². The van der Waals surface area contributed by atoms with Gasteiger partial charge < -0.3 is 10.1 Å². The minimum absolute atomic E-state index is 0.0656. The fourth-order valence-electron chi connectivity index (χ4n) is 2.80. The van der Waals surface area contributed by atoms with Crippen molar-refractivity contribution in [2.24, 2.45) is 0 Å². The molecule has 0 saturated carbocycles. The highest BCUT2D eigenvalue weighted by Gasteiger charge is 2.29. The van der Waals surface area contributed by atoms with Crippen LogP contribution in [0.15, 0.2) is 24.3 Å². The smallest absolute Gasteiger partial charge is 0.0835 e. The molecule has 0 spiro atoms. The van der Waals surface area contributed by atoms with Crippen LogP contribution in [-0.4, -0.2) is 19.2 Å². The van der Waals surface area contributed by atoms with Crippen molar-refractivity contribution in [1.29, 1.82) is 0 Å². The minimum atomic E-state index is -0.0656. The van der Waals surface area contributed by atoms with Gasteiger partial charge in [-0.1, -0.05) is 31.2 Å². The van der Waals surface area contributed by atoms with Gasteiger partial charge in [0.2, 0.25) is 0 Å². The second kappa shape index (κ2) is 5.85. The maximum absolute atomic E-state index is 6.43. The molecule has 1 N–H and O–H groups in total. The molecule has 0 aliphatic heterocycles. The van der Waals surface area contributed by atoms with E-state index in [2.05, 4.69) is 43.4 Å². The molecule has 0 amide bonds. The summed E-state index contributed by atoms with van der Waals surface area (Å²) in [6.45, 7) is 5.31. The summed E-state index contributed by atoms with van der Waals surface area (Å²) < 4.78 is 6.43. The van der Waals surface area contributed by atoms with Crippen LogP contribution in [-0.2, 0) is 11.2 Å². The van der Waals surface area contributed by atoms with Crippen LogP contribution in [0.2, 0.25) is 0 Å². The number of rotatable bonds is 5. The lowest BCUT2D eigenvalue weighted by atomic mass is 9.88. The molecule has 0 radical (unpaired) electrons. The third-order valence-electron chi connectivity index (χ3n) is 4.04. The Balaban J connectivity index is 2.15. The van der Waals surface area contributed by atoms with E-state index < -0.39 is 0 Å². The van der Waals surface area contributed by atoms with Crippen molar-refractivity contribution in [3.8, 4) is 0 Å². The van der Waals surface area contributed by atoms with Crippen LogP contribution in [0.4, 0.5) is 0 Å². The van der Waals surface area contributed by atoms with Gasteiger partial charge in [-0.05, 0) is 50.8 Å². The maximum atomic E-state index is 6.43. The molecule has 0 bridgehead atoms. The highest BCUT2D eigenvalue weighted by molar-refractivity contribution is 5.31. The molecule has 0 fully saturated rings. The van der Waals surface area contributed by atoms with Crippen LogP contribution in [0.1, 0.15) is 50.3 Å². The number of hydrogen-bond acceptors (Lipinski definition) is 2. The van der Waals surface area contributed by atoms with Gasteiger partial charge in [-0.15, -0.1) is 0 Å². The molecule has 2 atom stereocenters. The molecule has 1 aromatic carbocycles. The SMILES string of the molecule is CCC(C)(CNC)OC1CCCc2ccccc21. The minimum Gasteiger partial charge on any atom is -0.366 e. The Kier molecular flexibility index (Phi) is 4.41. The van der Waals surface area contributed by atoms with E-state index in [0.29, 0.717) is 0 Å². The normalized spacial score (nSPS) is 22.3. The first kappa shape index (κ1) is 13.6. The fraction of sp³-hybridized carbons (Fsp3) is 0.625. The van der Waals surface area contributed by atoms with E-state index in [0.717, 1.165) is 19.4 Å². The van der Waals surface area contributed by atoms with E-state index in [4.69, 9.17) is 4.74 Å². The third kappa shape index (κ3) is 2.93. The molecule has 2 heteroatoms. The Bertz CT molecular complexity index is 390. The Labute approximate surface area is 111 Å². The summed E-state index contributed by atoms with van der Waals surface area (Å²) in [4.78, 5) is 0. The van der Waals surface area contributed by atoms with Crippen molar-refractivity contribution < 1.29 is 4.74 Å². The predicted octanol–water partition coefficient (Wildman–Crippen LogP) is 3.47. The summed E-state index contributed by atoms with van der Waals surface area (Å²) in [5.41, 5.74) is 2.81. The fourth-order valence-corrected chi connectivity index (χ4v) is 2.80. The molecule has 0 aromatic heterocycles. The van der Waals surface area contributed by atoms with Crippen LogP contribution >= 0.6 is 0 Å². The van der Waals surface area contributed by atoms with Crippen molar-refractivity contribution in [3.05, 3.63) is 35.4 Å². The Morgan fingerprint density at radius 1 is 1.39 bits per heavy atom. The van der Waals surface area contributed by atoms with Crippen molar-refractivity contribution in [2.45, 2.75) is 51.2 Å². The van der Waals surface area contributed by atoms with Crippen LogP contribution in [0.25, 0.3) is 0 Å². The topological polar surface area (TPSA) is 21.3 Å². The zero-order chi connectivity index (χ0) is 13.0. The van der Waals surface area contributed by atoms with E-state index in [1.807, 2.05) is 7.05 Å². The summed E-state index contributed by atoms with van der Waals surface area (Å²) in [6, 6.07) is 8.73. The number of likely N-dealkylation sites (N-methyl/N-ethyl adjacent to an activating group) is 1. The molecule has 2 rings (SSSR count). The lowest BCUT2D eigenvalue weighted by Crippen LogP contribution is -2.40. The lowest BCUT2D eigenvalue weighted by Gasteiger charge is -2.36. The molecule has 0 saturated heterocycles. The lowest BCUT2D eigenvalue weighted by molar-refractivity contribution is -0.0907. The van der Waals surface area contributed by atoms with E-state index in [9.17, 15) is 0 Å². The molecule has 2 unspecified atom stereocenters. The van der Waals surface area contributed by atoms with E-state index >= 15 is 0 Å². The Morgan fingerprint density at radius 2 is 2.17 bits per heavy atom. The molecule has 2 nitrogen and oxygen atoms in total. The van der Waals surface area contributed by atoms with Gasteiger partial charge in [-0.2, -0.15) is 0 Å². The summed E-state index contributed by atoms with van der Waals surface area (Å²) in [5, 5.41) is 3.25. The number of benzene rings is 1. The zero-order valence-electron chi connectivity index (χ0n) is 11.8. The molecule has 100 valence electrons. The largest absolute Gasteiger partial charge is 0.366 e. The average Bonchev–Trinajstić information content (AvgIpc) is 2.39. The van der Waals surface area contributed by atoms with Gasteiger partial charge in [0.1, 0.15) is 0 Å². The number of ether oxygens (including phenoxy) is 1. The first-order chi connectivity index (χ1) is 8.68. The second-order valence-corrected chi connectivity index (χ2v) is 5.53. The number of aryl methyl sites for hydroxylation is 1. The monoisotopic (exact) mass is 247 g/mol. The van der Waals surface area contributed by atoms with Crippen molar-refractivity contribution in [3.63, 3.8) is 0 Å². The molecule has 1 aliphatic rings. The zero-order valence-corrected chi connectivity index (χ0v) is 11.8. The second-order valence-electron chi connectivity index (χ2n) is 5.53. The van der Waals surface area contributed by atoms with Gasteiger partial charge >= 0.3 is 0 Å². The van der Waals surface area contributed by atoms with Crippen molar-refractivity contribution >= 4 is 0 Å². The summed E-state index contributed by atoms with van der Waals surface area (Å²) in [7, 11) is 1.99. The molecular weight excluding hydrogens is 222 g/mol. The van der Waals surface area contributed by atoms with Gasteiger partial charge in [0.25, 0.3) is 0 Å². The highest BCUT2D eigenvalue weighted by Crippen LogP contribution is 2.36. The predicted molar refractivity (Wildman–Crippen MR) is 75.8 cm³/mol. The first-order valence-electron chi connectivity index (χ1n) is 7.09. The van der Waals surface area contributed by atoms with Gasteiger partial charge in [-0.3, -0.25) is 0 Å². The number of nitrogens with one attached hydrogen (secondary N) is 1. The van der Waals surface area contributed by atoms with Crippen molar-refractivity contribution in [1.82, 2.24) is 5.32 Å². The van der Waals surface area contributed by atoms with E-state index in [1.165, 1.54) is 24.0 Å². The van der Waals surface area contributed by atoms with E-state index in [1.54, 1.807) is 0 Å². The van der Waals surface area contributed by atoms with Gasteiger partial charge in [0.15, 0.2) is 0 Å². The van der Waals surface area contributed by atoms with Gasteiger partial charge in [-0.25, -0.2) is 0 Å². The number of hydrogen-bond donors (Lipinski definition) is 1. The first-order valence-corrected chi connectivity index (χ1v) is 7.09. The average molecular weight is 247 g/mol. The van der Waals surface area contributed by atoms with Crippen LogP contribution in [0.5, 0.6) is 0 Å². The molecule has 1 aromatic rings. The summed E-state index contributed by atoms with van der Waals surface area (Å²) in [6.07, 6.45) is 4.89. The molecular formula is C16H25NO. The quantitative estimate of drug-likeness (QED) is 0.860. The summed E-state index contributed by atoms with van der Waals surface area (Å²) in [5.74, 6) is 0. The molecule has 1 aliphatic carbocycles. The molecule has 18 heavy (non-hydrogen) atoms. The third-order valence-corrected chi connectivity index (χ3v) is 4.04. The molecule has 0 heterocycles. The van der Waals surface area contributed by atoms with Crippen LogP contribution in [0.3, 0.4) is 0 Å². The van der Waals surface area contributed by atoms with Crippen LogP contribution < -0.4 is 5.32 Å². The van der Waals surface area contributed by atoms with E-state index in [-0.39, 0.29) is 11.7 Å². The van der Waals surface area contributed by atoms with Crippen LogP contribution in [0, 0.1) is 0 Å². The summed E-state index contributed by atoms with van der Waals surface area (Å²) >= 11 is 0. The Hall–Kier alpha value is -0.860. The van der Waals surface area contributed by atoms with Crippen molar-refractivity contribution in [2.75, 3.05) is 13.6 Å². The Morgan fingerprint density at radius 3 is 2.89 bits per heavy atom. The number of fused-ring (bicyclic) bond motifs is 1.